The van der Waals surface area contributed by atoms with Crippen molar-refractivity contribution in [3.05, 3.63) is 12.2 Å². The average molecular weight is 138 g/mol. The van der Waals surface area contributed by atoms with Crippen molar-refractivity contribution in [3.63, 3.8) is 0 Å². The van der Waals surface area contributed by atoms with Gasteiger partial charge in [0.15, 0.2) is 0 Å². The normalized spacial score (nSPS) is 39.2. The molecule has 2 atom stereocenters. The zero-order valence-corrected chi connectivity index (χ0v) is 6.25. The summed E-state index contributed by atoms with van der Waals surface area (Å²) in [5.74, 6) is 0.846. The molecule has 1 fully saturated rings. The molecule has 0 spiro atoms. The number of hydrogen-bond donors (Lipinski definition) is 0. The minimum atomic E-state index is 0.616. The van der Waals surface area contributed by atoms with Gasteiger partial charge >= 0.3 is 0 Å². The lowest BCUT2D eigenvalue weighted by Crippen LogP contribution is -2.34. The predicted molar refractivity (Wildman–Crippen MR) is 40.8 cm³/mol. The second-order valence-corrected chi connectivity index (χ2v) is 3.24. The van der Waals surface area contributed by atoms with Crippen LogP contribution in [0.5, 0.6) is 0 Å². The van der Waals surface area contributed by atoms with E-state index in [2.05, 4.69) is 12.2 Å². The summed E-state index contributed by atoms with van der Waals surface area (Å²) in [6.07, 6.45) is 10.4. The smallest absolute Gasteiger partial charge is 0.0628 e. The molecular formula is C9H14O. The third-order valence-corrected chi connectivity index (χ3v) is 2.57. The van der Waals surface area contributed by atoms with Gasteiger partial charge in [0.1, 0.15) is 0 Å². The fourth-order valence-electron chi connectivity index (χ4n) is 1.78. The third kappa shape index (κ3) is 1.10. The number of rotatable bonds is 1. The number of allylic oxidation sites excluding steroid dienone is 2. The summed E-state index contributed by atoms with van der Waals surface area (Å²) in [7, 11) is 0. The van der Waals surface area contributed by atoms with E-state index >= 15 is 0 Å². The van der Waals surface area contributed by atoms with Crippen LogP contribution in [-0.2, 0) is 4.74 Å². The van der Waals surface area contributed by atoms with E-state index < -0.39 is 0 Å². The molecule has 0 aromatic heterocycles. The summed E-state index contributed by atoms with van der Waals surface area (Å²) in [6, 6.07) is 0. The average Bonchev–Trinajstić information content (AvgIpc) is 1.86. The second kappa shape index (κ2) is 2.75. The van der Waals surface area contributed by atoms with E-state index in [4.69, 9.17) is 4.74 Å². The van der Waals surface area contributed by atoms with E-state index in [-0.39, 0.29) is 0 Å². The molecule has 0 aromatic rings. The largest absolute Gasteiger partial charge is 0.378 e. The maximum atomic E-state index is 5.44. The van der Waals surface area contributed by atoms with E-state index in [9.17, 15) is 0 Å². The summed E-state index contributed by atoms with van der Waals surface area (Å²) in [6.45, 7) is 1.00. The molecule has 0 N–H and O–H groups in total. The number of hydrogen-bond acceptors (Lipinski definition) is 1. The lowest BCUT2D eigenvalue weighted by Gasteiger charge is -2.34. The van der Waals surface area contributed by atoms with Crippen LogP contribution in [0.15, 0.2) is 12.2 Å². The first kappa shape index (κ1) is 6.41. The highest BCUT2D eigenvalue weighted by Gasteiger charge is 2.27. The van der Waals surface area contributed by atoms with Crippen molar-refractivity contribution in [1.29, 1.82) is 0 Å². The number of ether oxygens (including phenoxy) is 1. The molecule has 2 unspecified atom stereocenters. The van der Waals surface area contributed by atoms with E-state index in [0.29, 0.717) is 6.10 Å². The molecule has 0 bridgehead atoms. The van der Waals surface area contributed by atoms with Crippen LogP contribution in [0.4, 0.5) is 0 Å². The zero-order valence-electron chi connectivity index (χ0n) is 6.25. The molecule has 1 aliphatic carbocycles. The standard InChI is InChI=1S/C9H14O/c1-2-4-8(5-3-1)9-6-7-10-9/h1-2,8-9H,3-7H2. The first-order chi connectivity index (χ1) is 4.97. The van der Waals surface area contributed by atoms with Gasteiger partial charge in [-0.15, -0.1) is 0 Å². The van der Waals surface area contributed by atoms with Crippen molar-refractivity contribution in [2.45, 2.75) is 31.8 Å². The lowest BCUT2D eigenvalue weighted by atomic mass is 9.86. The van der Waals surface area contributed by atoms with Gasteiger partial charge in [-0.2, -0.15) is 0 Å². The van der Waals surface area contributed by atoms with E-state index in [0.717, 1.165) is 12.5 Å². The van der Waals surface area contributed by atoms with Gasteiger partial charge in [-0.25, -0.2) is 0 Å². The van der Waals surface area contributed by atoms with Crippen LogP contribution in [0.25, 0.3) is 0 Å². The highest BCUT2D eigenvalue weighted by atomic mass is 16.5. The molecule has 2 rings (SSSR count). The third-order valence-electron chi connectivity index (χ3n) is 2.57. The Bertz CT molecular complexity index is 136. The Kier molecular flexibility index (Phi) is 1.76. The van der Waals surface area contributed by atoms with Crippen LogP contribution < -0.4 is 0 Å². The molecule has 2 aliphatic rings. The van der Waals surface area contributed by atoms with Gasteiger partial charge < -0.3 is 4.74 Å². The molecule has 0 aromatic carbocycles. The Labute approximate surface area is 62.1 Å². The Morgan fingerprint density at radius 3 is 2.60 bits per heavy atom. The summed E-state index contributed by atoms with van der Waals surface area (Å²) in [5.41, 5.74) is 0. The summed E-state index contributed by atoms with van der Waals surface area (Å²) in [4.78, 5) is 0. The van der Waals surface area contributed by atoms with E-state index in [1.54, 1.807) is 0 Å². The van der Waals surface area contributed by atoms with Gasteiger partial charge in [-0.1, -0.05) is 12.2 Å². The molecule has 56 valence electrons. The van der Waals surface area contributed by atoms with Gasteiger partial charge in [-0.3, -0.25) is 0 Å². The first-order valence-electron chi connectivity index (χ1n) is 4.23. The summed E-state index contributed by atoms with van der Waals surface area (Å²) >= 11 is 0. The SMILES string of the molecule is C1=CCC(C2CCO2)CC1. The van der Waals surface area contributed by atoms with Crippen LogP contribution in [0.3, 0.4) is 0 Å². The molecule has 1 aliphatic heterocycles. The van der Waals surface area contributed by atoms with Crippen molar-refractivity contribution in [2.75, 3.05) is 6.61 Å². The van der Waals surface area contributed by atoms with Crippen LogP contribution in [-0.4, -0.2) is 12.7 Å². The Balaban J connectivity index is 1.86. The van der Waals surface area contributed by atoms with Gasteiger partial charge in [-0.05, 0) is 31.6 Å². The lowest BCUT2D eigenvalue weighted by molar-refractivity contribution is -0.0862. The fraction of sp³-hybridized carbons (Fsp3) is 0.778. The molecule has 0 saturated carbocycles. The molecule has 1 heterocycles. The van der Waals surface area contributed by atoms with Crippen molar-refractivity contribution in [3.8, 4) is 0 Å². The maximum absolute atomic E-state index is 5.44. The zero-order chi connectivity index (χ0) is 6.81. The Hall–Kier alpha value is -0.300. The predicted octanol–water partition coefficient (Wildman–Crippen LogP) is 2.13. The van der Waals surface area contributed by atoms with Crippen molar-refractivity contribution in [2.24, 2.45) is 5.92 Å². The summed E-state index contributed by atoms with van der Waals surface area (Å²) < 4.78 is 5.44. The topological polar surface area (TPSA) is 9.23 Å². The molecule has 1 nitrogen and oxygen atoms in total. The molecule has 0 radical (unpaired) electrons. The molecule has 10 heavy (non-hydrogen) atoms. The Morgan fingerprint density at radius 2 is 2.10 bits per heavy atom. The van der Waals surface area contributed by atoms with Crippen molar-refractivity contribution >= 4 is 0 Å². The van der Waals surface area contributed by atoms with Gasteiger partial charge in [0.25, 0.3) is 0 Å². The molecule has 1 saturated heterocycles. The highest BCUT2D eigenvalue weighted by Crippen LogP contribution is 2.29. The monoisotopic (exact) mass is 138 g/mol. The molecule has 1 heteroatoms. The van der Waals surface area contributed by atoms with Crippen molar-refractivity contribution in [1.82, 2.24) is 0 Å². The van der Waals surface area contributed by atoms with Crippen LogP contribution in [0.1, 0.15) is 25.7 Å². The van der Waals surface area contributed by atoms with Gasteiger partial charge in [0.05, 0.1) is 6.10 Å². The van der Waals surface area contributed by atoms with Crippen LogP contribution >= 0.6 is 0 Å². The molecule has 0 amide bonds. The molecular weight excluding hydrogens is 124 g/mol. The second-order valence-electron chi connectivity index (χ2n) is 3.24. The maximum Gasteiger partial charge on any atom is 0.0628 e. The fourth-order valence-corrected chi connectivity index (χ4v) is 1.78. The Morgan fingerprint density at radius 1 is 1.20 bits per heavy atom. The van der Waals surface area contributed by atoms with E-state index in [1.807, 2.05) is 0 Å². The quantitative estimate of drug-likeness (QED) is 0.504. The van der Waals surface area contributed by atoms with Crippen molar-refractivity contribution < 1.29 is 4.74 Å². The van der Waals surface area contributed by atoms with Crippen LogP contribution in [0, 0.1) is 5.92 Å². The van der Waals surface area contributed by atoms with Gasteiger partial charge in [0, 0.05) is 6.61 Å². The first-order valence-corrected chi connectivity index (χ1v) is 4.23. The summed E-state index contributed by atoms with van der Waals surface area (Å²) in [5, 5.41) is 0. The highest BCUT2D eigenvalue weighted by molar-refractivity contribution is 4.93. The minimum absolute atomic E-state index is 0.616. The van der Waals surface area contributed by atoms with Crippen LogP contribution in [0.2, 0.25) is 0 Å². The van der Waals surface area contributed by atoms with E-state index in [1.165, 1.54) is 25.7 Å². The minimum Gasteiger partial charge on any atom is -0.378 e. The van der Waals surface area contributed by atoms with Gasteiger partial charge in [0.2, 0.25) is 0 Å².